The minimum atomic E-state index is -0.0343. The van der Waals surface area contributed by atoms with Gasteiger partial charge in [-0.1, -0.05) is 0 Å². The van der Waals surface area contributed by atoms with Gasteiger partial charge in [-0.15, -0.1) is 0 Å². The quantitative estimate of drug-likeness (QED) is 0.552. The summed E-state index contributed by atoms with van der Waals surface area (Å²) in [6.07, 6.45) is 1.02. The van der Waals surface area contributed by atoms with E-state index in [1.807, 2.05) is 6.92 Å². The van der Waals surface area contributed by atoms with E-state index in [1.54, 1.807) is 6.07 Å². The van der Waals surface area contributed by atoms with Crippen molar-refractivity contribution in [1.82, 2.24) is 0 Å². The van der Waals surface area contributed by atoms with Crippen molar-refractivity contribution >= 4 is 11.6 Å². The van der Waals surface area contributed by atoms with Crippen molar-refractivity contribution in [2.45, 2.75) is 20.3 Å². The summed E-state index contributed by atoms with van der Waals surface area (Å²) in [5.41, 5.74) is 1.83. The molecule has 0 spiro atoms. The number of nitriles is 1. The lowest BCUT2D eigenvalue weighted by molar-refractivity contribution is -0.858. The molecule has 1 rings (SSSR count). The number of rotatable bonds is 6. The molecule has 1 heterocycles. The van der Waals surface area contributed by atoms with Gasteiger partial charge in [-0.2, -0.15) is 5.26 Å². The van der Waals surface area contributed by atoms with Crippen LogP contribution < -0.4 is 15.2 Å². The summed E-state index contributed by atoms with van der Waals surface area (Å²) in [5.74, 6) is 0.659. The lowest BCUT2D eigenvalue weighted by atomic mass is 10.1. The first kappa shape index (κ1) is 15.1. The van der Waals surface area contributed by atoms with Crippen molar-refractivity contribution in [2.75, 3.05) is 32.5 Å². The van der Waals surface area contributed by atoms with Gasteiger partial charge in [0.05, 0.1) is 32.7 Å². The highest BCUT2D eigenvalue weighted by Gasteiger charge is 2.16. The summed E-state index contributed by atoms with van der Waals surface area (Å²) >= 11 is 0. The summed E-state index contributed by atoms with van der Waals surface area (Å²) in [6, 6.07) is 3.76. The van der Waals surface area contributed by atoms with E-state index in [0.717, 1.165) is 25.2 Å². The van der Waals surface area contributed by atoms with Gasteiger partial charge in [-0.25, -0.2) is 4.98 Å². The van der Waals surface area contributed by atoms with E-state index >= 15 is 0 Å². The number of carbonyl (C=O) groups is 1. The first-order chi connectivity index (χ1) is 8.95. The molecule has 0 atom stereocenters. The van der Waals surface area contributed by atoms with Gasteiger partial charge in [0.2, 0.25) is 0 Å². The number of pyridine rings is 1. The predicted molar refractivity (Wildman–Crippen MR) is 73.2 cm³/mol. The van der Waals surface area contributed by atoms with Gasteiger partial charge in [0, 0.05) is 6.42 Å². The number of anilines is 1. The van der Waals surface area contributed by atoms with Crippen LogP contribution in [0.15, 0.2) is 6.07 Å². The Bertz CT molecular complexity index is 503. The number of H-pyrrole nitrogens is 1. The lowest BCUT2D eigenvalue weighted by Crippen LogP contribution is -3.05. The van der Waals surface area contributed by atoms with Gasteiger partial charge in [-0.3, -0.25) is 10.1 Å². The molecule has 0 amide bonds. The summed E-state index contributed by atoms with van der Waals surface area (Å²) < 4.78 is 0. The molecule has 0 fully saturated rings. The highest BCUT2D eigenvalue weighted by molar-refractivity contribution is 5.95. The Hall–Kier alpha value is -1.93. The number of aromatic nitrogens is 1. The Balaban J connectivity index is 2.81. The normalized spacial score (nSPS) is 10.3. The SMILES string of the molecule is CC(=O)c1cc(C#N)c(NCCC[NH+](C)C)[nH+]c1C. The van der Waals surface area contributed by atoms with Crippen LogP contribution >= 0.6 is 0 Å². The van der Waals surface area contributed by atoms with Crippen LogP contribution in [0.3, 0.4) is 0 Å². The maximum Gasteiger partial charge on any atom is 0.290 e. The van der Waals surface area contributed by atoms with Crippen LogP contribution in [0.2, 0.25) is 0 Å². The topological polar surface area (TPSA) is 71.5 Å². The van der Waals surface area contributed by atoms with Gasteiger partial charge in [0.25, 0.3) is 5.82 Å². The summed E-state index contributed by atoms with van der Waals surface area (Å²) in [6.45, 7) is 5.21. The Morgan fingerprint density at radius 2 is 2.21 bits per heavy atom. The van der Waals surface area contributed by atoms with E-state index in [4.69, 9.17) is 5.26 Å². The van der Waals surface area contributed by atoms with Crippen LogP contribution in [0.5, 0.6) is 0 Å². The van der Waals surface area contributed by atoms with E-state index in [-0.39, 0.29) is 5.78 Å². The van der Waals surface area contributed by atoms with E-state index in [1.165, 1.54) is 11.8 Å². The fourth-order valence-electron chi connectivity index (χ4n) is 1.90. The van der Waals surface area contributed by atoms with Crippen molar-refractivity contribution in [3.05, 3.63) is 22.9 Å². The van der Waals surface area contributed by atoms with E-state index < -0.39 is 0 Å². The molecule has 1 aromatic rings. The molecule has 1 aromatic heterocycles. The average molecular weight is 262 g/mol. The Morgan fingerprint density at radius 1 is 1.53 bits per heavy atom. The zero-order chi connectivity index (χ0) is 14.4. The maximum absolute atomic E-state index is 11.4. The van der Waals surface area contributed by atoms with Crippen molar-refractivity contribution in [1.29, 1.82) is 5.26 Å². The van der Waals surface area contributed by atoms with Gasteiger partial charge in [0.15, 0.2) is 5.78 Å². The number of hydrogen-bond acceptors (Lipinski definition) is 3. The highest BCUT2D eigenvalue weighted by Crippen LogP contribution is 2.13. The van der Waals surface area contributed by atoms with Crippen LogP contribution in [-0.4, -0.2) is 33.0 Å². The molecule has 102 valence electrons. The third-order valence-corrected chi connectivity index (χ3v) is 2.93. The second-order valence-electron chi connectivity index (χ2n) is 5.00. The molecule has 3 N–H and O–H groups in total. The molecular formula is C14H22N4O+2. The molecule has 5 nitrogen and oxygen atoms in total. The number of quaternary nitrogens is 1. The molecule has 0 bridgehead atoms. The van der Waals surface area contributed by atoms with Crippen LogP contribution in [0.1, 0.15) is 35.0 Å². The standard InChI is InChI=1S/C14H20N4O/c1-10-13(11(2)19)8-12(9-15)14(17-10)16-6-5-7-18(3)4/h8H,5-7H2,1-4H3,(H,16,17)/p+2. The molecule has 0 radical (unpaired) electrons. The molecule has 0 unspecified atom stereocenters. The zero-order valence-corrected chi connectivity index (χ0v) is 12.1. The van der Waals surface area contributed by atoms with Gasteiger partial charge < -0.3 is 4.90 Å². The van der Waals surface area contributed by atoms with Crippen molar-refractivity contribution < 1.29 is 14.7 Å². The van der Waals surface area contributed by atoms with E-state index in [2.05, 4.69) is 30.5 Å². The molecule has 0 aliphatic rings. The monoisotopic (exact) mass is 262 g/mol. The van der Waals surface area contributed by atoms with Crippen LogP contribution in [0.4, 0.5) is 5.82 Å². The second kappa shape index (κ2) is 6.86. The number of nitrogens with one attached hydrogen (secondary N) is 3. The fraction of sp³-hybridized carbons (Fsp3) is 0.500. The first-order valence-corrected chi connectivity index (χ1v) is 6.46. The van der Waals surface area contributed by atoms with Gasteiger partial charge in [0.1, 0.15) is 17.3 Å². The summed E-state index contributed by atoms with van der Waals surface area (Å²) in [4.78, 5) is 15.9. The third-order valence-electron chi connectivity index (χ3n) is 2.93. The molecule has 0 aromatic carbocycles. The molecule has 19 heavy (non-hydrogen) atoms. The number of hydrogen-bond donors (Lipinski definition) is 2. The summed E-state index contributed by atoms with van der Waals surface area (Å²) in [5, 5.41) is 12.4. The first-order valence-electron chi connectivity index (χ1n) is 6.46. The highest BCUT2D eigenvalue weighted by atomic mass is 16.1. The van der Waals surface area contributed by atoms with Crippen molar-refractivity contribution in [2.24, 2.45) is 0 Å². The van der Waals surface area contributed by atoms with Crippen LogP contribution in [0.25, 0.3) is 0 Å². The zero-order valence-electron chi connectivity index (χ0n) is 12.1. The second-order valence-corrected chi connectivity index (χ2v) is 5.00. The molecule has 0 saturated carbocycles. The minimum absolute atomic E-state index is 0.0343. The van der Waals surface area contributed by atoms with Crippen molar-refractivity contribution in [3.8, 4) is 6.07 Å². The Morgan fingerprint density at radius 3 is 2.74 bits per heavy atom. The number of carbonyl (C=O) groups excluding carboxylic acids is 1. The maximum atomic E-state index is 11.4. The summed E-state index contributed by atoms with van der Waals surface area (Å²) in [7, 11) is 4.22. The smallest absolute Gasteiger partial charge is 0.290 e. The van der Waals surface area contributed by atoms with E-state index in [9.17, 15) is 4.79 Å². The fourth-order valence-corrected chi connectivity index (χ4v) is 1.90. The number of aromatic amines is 1. The largest absolute Gasteiger partial charge is 0.340 e. The average Bonchev–Trinajstić information content (AvgIpc) is 2.34. The minimum Gasteiger partial charge on any atom is -0.340 e. The van der Waals surface area contributed by atoms with Crippen molar-refractivity contribution in [3.63, 3.8) is 0 Å². The van der Waals surface area contributed by atoms with Crippen LogP contribution in [-0.2, 0) is 0 Å². The molecule has 0 aliphatic heterocycles. The Labute approximate surface area is 114 Å². The lowest BCUT2D eigenvalue weighted by Gasteiger charge is -2.07. The van der Waals surface area contributed by atoms with E-state index in [0.29, 0.717) is 16.9 Å². The third kappa shape index (κ3) is 4.34. The molecular weight excluding hydrogens is 240 g/mol. The number of Topliss-reactive ketones (excluding diaryl/α,β-unsaturated/α-hetero) is 1. The predicted octanol–water partition coefficient (Wildman–Crippen LogP) is -0.170. The number of aryl methyl sites for hydroxylation is 1. The Kier molecular flexibility index (Phi) is 5.46. The molecule has 0 aliphatic carbocycles. The van der Waals surface area contributed by atoms with Gasteiger partial charge in [-0.05, 0) is 19.9 Å². The molecule has 0 saturated heterocycles. The molecule has 5 heteroatoms. The number of ketones is 1. The number of nitrogens with zero attached hydrogens (tertiary/aromatic N) is 1. The van der Waals surface area contributed by atoms with Gasteiger partial charge >= 0.3 is 0 Å². The van der Waals surface area contributed by atoms with Crippen LogP contribution in [0, 0.1) is 18.3 Å².